The van der Waals surface area contributed by atoms with Crippen LogP contribution in [0.1, 0.15) is 23.3 Å². The molecule has 6 heteroatoms. The standard InChI is InChI=1S/C10H13BrN2O2S/c11-9-8(13-6-16-9)10(14)12-4-7-2-1-3-15-5-7/h6-7H,1-5H2,(H,12,14). The Kier molecular flexibility index (Phi) is 4.31. The molecule has 1 saturated heterocycles. The first-order valence-electron chi connectivity index (χ1n) is 5.22. The number of nitrogens with one attached hydrogen (secondary N) is 1. The third kappa shape index (κ3) is 3.02. The average Bonchev–Trinajstić information content (AvgIpc) is 2.74. The van der Waals surface area contributed by atoms with Crippen LogP contribution in [0.3, 0.4) is 0 Å². The van der Waals surface area contributed by atoms with Crippen LogP contribution in [0.25, 0.3) is 0 Å². The molecule has 1 amide bonds. The lowest BCUT2D eigenvalue weighted by atomic mass is 10.0. The zero-order valence-corrected chi connectivity index (χ0v) is 11.1. The minimum atomic E-state index is -0.112. The highest BCUT2D eigenvalue weighted by molar-refractivity contribution is 9.11. The fourth-order valence-electron chi connectivity index (χ4n) is 1.67. The van der Waals surface area contributed by atoms with Gasteiger partial charge in [-0.2, -0.15) is 0 Å². The fraction of sp³-hybridized carbons (Fsp3) is 0.600. The molecule has 1 aliphatic rings. The van der Waals surface area contributed by atoms with E-state index in [2.05, 4.69) is 26.2 Å². The maximum absolute atomic E-state index is 11.7. The van der Waals surface area contributed by atoms with Crippen molar-refractivity contribution < 1.29 is 9.53 Å². The number of amides is 1. The molecule has 0 radical (unpaired) electrons. The van der Waals surface area contributed by atoms with Gasteiger partial charge in [-0.1, -0.05) is 0 Å². The largest absolute Gasteiger partial charge is 0.381 e. The summed E-state index contributed by atoms with van der Waals surface area (Å²) in [4.78, 5) is 15.7. The van der Waals surface area contributed by atoms with Gasteiger partial charge in [0.2, 0.25) is 0 Å². The van der Waals surface area contributed by atoms with Crippen LogP contribution in [-0.4, -0.2) is 30.6 Å². The molecule has 1 unspecified atom stereocenters. The maximum atomic E-state index is 11.7. The quantitative estimate of drug-likeness (QED) is 0.930. The second kappa shape index (κ2) is 5.75. The fourth-order valence-corrected chi connectivity index (χ4v) is 2.71. The summed E-state index contributed by atoms with van der Waals surface area (Å²) in [5, 5.41) is 2.89. The molecule has 88 valence electrons. The SMILES string of the molecule is O=C(NCC1CCCOC1)c1ncsc1Br. The maximum Gasteiger partial charge on any atom is 0.271 e. The van der Waals surface area contributed by atoms with Crippen molar-refractivity contribution in [2.75, 3.05) is 19.8 Å². The predicted octanol–water partition coefficient (Wildman–Crippen LogP) is 2.06. The second-order valence-corrected chi connectivity index (χ2v) is 5.94. The van der Waals surface area contributed by atoms with Gasteiger partial charge in [0.05, 0.1) is 12.1 Å². The van der Waals surface area contributed by atoms with Crippen molar-refractivity contribution in [1.82, 2.24) is 10.3 Å². The van der Waals surface area contributed by atoms with Crippen LogP contribution in [0.15, 0.2) is 9.30 Å². The number of carbonyl (C=O) groups is 1. The van der Waals surface area contributed by atoms with E-state index in [0.29, 0.717) is 18.2 Å². The number of aromatic nitrogens is 1. The molecule has 0 bridgehead atoms. The van der Waals surface area contributed by atoms with Crippen LogP contribution in [0.5, 0.6) is 0 Å². The smallest absolute Gasteiger partial charge is 0.271 e. The summed E-state index contributed by atoms with van der Waals surface area (Å²) >= 11 is 4.72. The molecule has 0 aliphatic carbocycles. The van der Waals surface area contributed by atoms with Crippen LogP contribution in [0, 0.1) is 5.92 Å². The number of halogens is 1. The third-order valence-electron chi connectivity index (χ3n) is 2.55. The number of carbonyl (C=O) groups excluding carboxylic acids is 1. The lowest BCUT2D eigenvalue weighted by Gasteiger charge is -2.21. The molecule has 2 rings (SSSR count). The van der Waals surface area contributed by atoms with Crippen molar-refractivity contribution in [1.29, 1.82) is 0 Å². The highest BCUT2D eigenvalue weighted by Gasteiger charge is 2.17. The molecule has 2 heterocycles. The van der Waals surface area contributed by atoms with Crippen molar-refractivity contribution in [3.8, 4) is 0 Å². The molecular formula is C10H13BrN2O2S. The van der Waals surface area contributed by atoms with Crippen molar-refractivity contribution >= 4 is 33.2 Å². The third-order valence-corrected chi connectivity index (χ3v) is 4.09. The zero-order chi connectivity index (χ0) is 11.4. The topological polar surface area (TPSA) is 51.2 Å². The van der Waals surface area contributed by atoms with Crippen LogP contribution in [-0.2, 0) is 4.74 Å². The molecule has 1 fully saturated rings. The lowest BCUT2D eigenvalue weighted by molar-refractivity contribution is 0.0535. The first-order chi connectivity index (χ1) is 7.77. The van der Waals surface area contributed by atoms with Crippen molar-refractivity contribution in [2.24, 2.45) is 5.92 Å². The summed E-state index contributed by atoms with van der Waals surface area (Å²) in [6.07, 6.45) is 2.21. The summed E-state index contributed by atoms with van der Waals surface area (Å²) in [6.45, 7) is 2.27. The number of thiazole rings is 1. The van der Waals surface area contributed by atoms with E-state index in [9.17, 15) is 4.79 Å². The molecule has 4 nitrogen and oxygen atoms in total. The zero-order valence-electron chi connectivity index (χ0n) is 8.74. The van der Waals surface area contributed by atoms with E-state index in [1.165, 1.54) is 11.3 Å². The number of hydrogen-bond donors (Lipinski definition) is 1. The van der Waals surface area contributed by atoms with E-state index >= 15 is 0 Å². The van der Waals surface area contributed by atoms with E-state index < -0.39 is 0 Å². The van der Waals surface area contributed by atoms with Gasteiger partial charge in [0, 0.05) is 13.2 Å². The highest BCUT2D eigenvalue weighted by atomic mass is 79.9. The lowest BCUT2D eigenvalue weighted by Crippen LogP contribution is -2.33. The number of nitrogens with zero attached hydrogens (tertiary/aromatic N) is 1. The first-order valence-corrected chi connectivity index (χ1v) is 6.89. The molecule has 1 N–H and O–H groups in total. The molecule has 1 aromatic heterocycles. The van der Waals surface area contributed by atoms with E-state index in [0.717, 1.165) is 29.8 Å². The summed E-state index contributed by atoms with van der Waals surface area (Å²) in [5.41, 5.74) is 2.13. The summed E-state index contributed by atoms with van der Waals surface area (Å²) in [7, 11) is 0. The van der Waals surface area contributed by atoms with E-state index in [4.69, 9.17) is 4.74 Å². The van der Waals surface area contributed by atoms with Gasteiger partial charge in [-0.3, -0.25) is 4.79 Å². The summed E-state index contributed by atoms with van der Waals surface area (Å²) < 4.78 is 6.14. The van der Waals surface area contributed by atoms with E-state index in [1.807, 2.05) is 0 Å². The van der Waals surface area contributed by atoms with E-state index in [1.54, 1.807) is 5.51 Å². The Hall–Kier alpha value is -0.460. The Morgan fingerprint density at radius 3 is 3.25 bits per heavy atom. The van der Waals surface area contributed by atoms with Gasteiger partial charge in [0.1, 0.15) is 3.79 Å². The van der Waals surface area contributed by atoms with Gasteiger partial charge < -0.3 is 10.1 Å². The van der Waals surface area contributed by atoms with Crippen molar-refractivity contribution in [2.45, 2.75) is 12.8 Å². The second-order valence-electron chi connectivity index (χ2n) is 3.77. The van der Waals surface area contributed by atoms with Gasteiger partial charge in [-0.15, -0.1) is 11.3 Å². The molecule has 1 atom stereocenters. The monoisotopic (exact) mass is 304 g/mol. The number of ether oxygens (including phenoxy) is 1. The van der Waals surface area contributed by atoms with Crippen LogP contribution >= 0.6 is 27.3 Å². The van der Waals surface area contributed by atoms with Crippen LogP contribution in [0.2, 0.25) is 0 Å². The van der Waals surface area contributed by atoms with Gasteiger partial charge >= 0.3 is 0 Å². The molecule has 0 saturated carbocycles. The molecular weight excluding hydrogens is 292 g/mol. The predicted molar refractivity (Wildman–Crippen MR) is 65.7 cm³/mol. The summed E-state index contributed by atoms with van der Waals surface area (Å²) in [6, 6.07) is 0. The Bertz CT molecular complexity index is 363. The van der Waals surface area contributed by atoms with Gasteiger partial charge in [-0.25, -0.2) is 4.98 Å². The molecule has 1 aromatic rings. The molecule has 16 heavy (non-hydrogen) atoms. The molecule has 0 spiro atoms. The van der Waals surface area contributed by atoms with Gasteiger partial charge in [-0.05, 0) is 34.7 Å². The minimum Gasteiger partial charge on any atom is -0.381 e. The van der Waals surface area contributed by atoms with Crippen molar-refractivity contribution in [3.05, 3.63) is 15.0 Å². The van der Waals surface area contributed by atoms with Crippen LogP contribution in [0.4, 0.5) is 0 Å². The summed E-state index contributed by atoms with van der Waals surface area (Å²) in [5.74, 6) is 0.328. The Morgan fingerprint density at radius 1 is 1.75 bits per heavy atom. The first kappa shape index (κ1) is 12.0. The van der Waals surface area contributed by atoms with Gasteiger partial charge in [0.15, 0.2) is 5.69 Å². The highest BCUT2D eigenvalue weighted by Crippen LogP contribution is 2.20. The number of rotatable bonds is 3. The molecule has 1 aliphatic heterocycles. The Labute approximate surface area is 107 Å². The minimum absolute atomic E-state index is 0.112. The molecule has 0 aromatic carbocycles. The van der Waals surface area contributed by atoms with Crippen LogP contribution < -0.4 is 5.32 Å². The van der Waals surface area contributed by atoms with Gasteiger partial charge in [0.25, 0.3) is 5.91 Å². The van der Waals surface area contributed by atoms with Crippen molar-refractivity contribution in [3.63, 3.8) is 0 Å². The normalized spacial score (nSPS) is 20.7. The Balaban J connectivity index is 1.81. The Morgan fingerprint density at radius 2 is 2.62 bits per heavy atom. The number of hydrogen-bond acceptors (Lipinski definition) is 4. The van der Waals surface area contributed by atoms with E-state index in [-0.39, 0.29) is 5.91 Å². The average molecular weight is 305 g/mol.